The van der Waals surface area contributed by atoms with E-state index in [2.05, 4.69) is 32.5 Å². The van der Waals surface area contributed by atoms with Crippen molar-refractivity contribution in [2.75, 3.05) is 38.5 Å². The Morgan fingerprint density at radius 3 is 2.58 bits per heavy atom. The predicted octanol–water partition coefficient (Wildman–Crippen LogP) is 1.37. The van der Waals surface area contributed by atoms with Gasteiger partial charge in [-0.3, -0.25) is 19.4 Å². The van der Waals surface area contributed by atoms with Gasteiger partial charge in [-0.2, -0.15) is 0 Å². The first-order valence-electron chi connectivity index (χ1n) is 9.22. The van der Waals surface area contributed by atoms with Gasteiger partial charge in [0.25, 0.3) is 0 Å². The number of amides is 2. The number of thiazole rings is 1. The standard InChI is InChI=1S/C18H29N5O2S/c1-12-13(2)26-17(19-12)21-16(25)11-23-7-5-18(6-8-23)9-15(10-22(18)4)20-14(3)24/h15H,5-11H2,1-4H3,(H,20,24)(H,19,21,25)/t15-/m0/s1. The van der Waals surface area contributed by atoms with Crippen LogP contribution < -0.4 is 10.6 Å². The average molecular weight is 380 g/mol. The molecule has 26 heavy (non-hydrogen) atoms. The average Bonchev–Trinajstić information content (AvgIpc) is 3.01. The van der Waals surface area contributed by atoms with Crippen LogP contribution in [0.3, 0.4) is 0 Å². The lowest BCUT2D eigenvalue weighted by Gasteiger charge is -2.43. The van der Waals surface area contributed by atoms with E-state index in [9.17, 15) is 9.59 Å². The molecule has 3 heterocycles. The van der Waals surface area contributed by atoms with Gasteiger partial charge in [0, 0.05) is 43.0 Å². The van der Waals surface area contributed by atoms with E-state index in [1.807, 2.05) is 13.8 Å². The summed E-state index contributed by atoms with van der Waals surface area (Å²) in [6.07, 6.45) is 3.06. The van der Waals surface area contributed by atoms with Gasteiger partial charge in [0.1, 0.15) is 0 Å². The Kier molecular flexibility index (Phi) is 5.64. The molecular weight excluding hydrogens is 350 g/mol. The van der Waals surface area contributed by atoms with Crippen molar-refractivity contribution in [1.29, 1.82) is 0 Å². The predicted molar refractivity (Wildman–Crippen MR) is 103 cm³/mol. The van der Waals surface area contributed by atoms with Gasteiger partial charge in [0.05, 0.1) is 12.2 Å². The fourth-order valence-electron chi connectivity index (χ4n) is 4.19. The van der Waals surface area contributed by atoms with Gasteiger partial charge in [-0.1, -0.05) is 0 Å². The van der Waals surface area contributed by atoms with Crippen LogP contribution in [0.1, 0.15) is 36.8 Å². The summed E-state index contributed by atoms with van der Waals surface area (Å²) in [5.74, 6) is 0.0489. The van der Waals surface area contributed by atoms with E-state index in [4.69, 9.17) is 0 Å². The summed E-state index contributed by atoms with van der Waals surface area (Å²) >= 11 is 1.52. The van der Waals surface area contributed by atoms with Crippen molar-refractivity contribution in [2.45, 2.75) is 51.6 Å². The fraction of sp³-hybridized carbons (Fsp3) is 0.722. The van der Waals surface area contributed by atoms with Crippen LogP contribution in [0.4, 0.5) is 5.13 Å². The Labute approximate surface area is 159 Å². The summed E-state index contributed by atoms with van der Waals surface area (Å²) in [5.41, 5.74) is 1.13. The van der Waals surface area contributed by atoms with E-state index < -0.39 is 0 Å². The molecule has 8 heteroatoms. The molecular formula is C18H29N5O2S. The van der Waals surface area contributed by atoms with Gasteiger partial charge in [0.15, 0.2) is 5.13 Å². The molecule has 3 rings (SSSR count). The third-order valence-corrected chi connectivity index (χ3v) is 6.75. The number of anilines is 1. The Bertz CT molecular complexity index is 662. The quantitative estimate of drug-likeness (QED) is 0.826. The van der Waals surface area contributed by atoms with Crippen molar-refractivity contribution in [2.24, 2.45) is 0 Å². The smallest absolute Gasteiger partial charge is 0.240 e. The van der Waals surface area contributed by atoms with Crippen LogP contribution >= 0.6 is 11.3 Å². The molecule has 144 valence electrons. The van der Waals surface area contributed by atoms with Crippen molar-refractivity contribution < 1.29 is 9.59 Å². The van der Waals surface area contributed by atoms with Crippen LogP contribution in [0, 0.1) is 13.8 Å². The van der Waals surface area contributed by atoms with E-state index in [0.717, 1.165) is 49.5 Å². The van der Waals surface area contributed by atoms with E-state index in [1.54, 1.807) is 6.92 Å². The van der Waals surface area contributed by atoms with Crippen LogP contribution in [0.2, 0.25) is 0 Å². The maximum atomic E-state index is 12.3. The van der Waals surface area contributed by atoms with E-state index >= 15 is 0 Å². The molecule has 2 fully saturated rings. The number of carbonyl (C=O) groups excluding carboxylic acids is 2. The summed E-state index contributed by atoms with van der Waals surface area (Å²) in [4.78, 5) is 33.8. The zero-order chi connectivity index (χ0) is 18.9. The molecule has 1 atom stereocenters. The number of aromatic nitrogens is 1. The van der Waals surface area contributed by atoms with Crippen LogP contribution in [-0.2, 0) is 9.59 Å². The first kappa shape index (κ1) is 19.3. The second-order valence-corrected chi connectivity index (χ2v) is 8.89. The van der Waals surface area contributed by atoms with Crippen molar-refractivity contribution in [3.05, 3.63) is 10.6 Å². The Hall–Kier alpha value is -1.51. The summed E-state index contributed by atoms with van der Waals surface area (Å²) in [6.45, 7) is 8.67. The number of likely N-dealkylation sites (tertiary alicyclic amines) is 2. The highest BCUT2D eigenvalue weighted by atomic mass is 32.1. The molecule has 0 aromatic carbocycles. The SMILES string of the molecule is CC(=O)N[C@@H]1CN(C)C2(CCN(CC(=O)Nc3nc(C)c(C)s3)CC2)C1. The summed E-state index contributed by atoms with van der Waals surface area (Å²) in [5, 5.41) is 6.66. The van der Waals surface area contributed by atoms with Gasteiger partial charge < -0.3 is 10.6 Å². The van der Waals surface area contributed by atoms with Crippen molar-refractivity contribution in [3.63, 3.8) is 0 Å². The monoisotopic (exact) mass is 379 g/mol. The lowest BCUT2D eigenvalue weighted by atomic mass is 9.84. The minimum atomic E-state index is 0.00518. The zero-order valence-corrected chi connectivity index (χ0v) is 16.9. The third-order valence-electron chi connectivity index (χ3n) is 5.77. The second-order valence-electron chi connectivity index (χ2n) is 7.69. The van der Waals surface area contributed by atoms with Gasteiger partial charge in [-0.25, -0.2) is 4.98 Å². The highest BCUT2D eigenvalue weighted by Crippen LogP contribution is 2.37. The summed E-state index contributed by atoms with van der Waals surface area (Å²) < 4.78 is 0. The van der Waals surface area contributed by atoms with Crippen LogP contribution in [-0.4, -0.2) is 71.4 Å². The van der Waals surface area contributed by atoms with E-state index in [0.29, 0.717) is 11.7 Å². The lowest BCUT2D eigenvalue weighted by molar-refractivity contribution is -0.120. The molecule has 1 aromatic heterocycles. The molecule has 1 aromatic rings. The summed E-state index contributed by atoms with van der Waals surface area (Å²) in [7, 11) is 2.15. The Morgan fingerprint density at radius 2 is 2.00 bits per heavy atom. The molecule has 2 aliphatic rings. The topological polar surface area (TPSA) is 77.6 Å². The van der Waals surface area contributed by atoms with Gasteiger partial charge in [-0.15, -0.1) is 11.3 Å². The minimum absolute atomic E-state index is 0.00518. The largest absolute Gasteiger partial charge is 0.352 e. The van der Waals surface area contributed by atoms with Crippen LogP contribution in [0.25, 0.3) is 0 Å². The first-order valence-corrected chi connectivity index (χ1v) is 10.0. The minimum Gasteiger partial charge on any atom is -0.352 e. The highest BCUT2D eigenvalue weighted by molar-refractivity contribution is 7.15. The van der Waals surface area contributed by atoms with E-state index in [1.165, 1.54) is 11.3 Å². The number of nitrogens with one attached hydrogen (secondary N) is 2. The number of hydrogen-bond acceptors (Lipinski definition) is 6. The molecule has 2 saturated heterocycles. The lowest BCUT2D eigenvalue weighted by Crippen LogP contribution is -2.51. The Balaban J connectivity index is 1.49. The maximum absolute atomic E-state index is 12.3. The number of carbonyl (C=O) groups is 2. The maximum Gasteiger partial charge on any atom is 0.240 e. The first-order chi connectivity index (χ1) is 12.3. The van der Waals surface area contributed by atoms with Crippen molar-refractivity contribution >= 4 is 28.3 Å². The van der Waals surface area contributed by atoms with Crippen LogP contribution in [0.15, 0.2) is 0 Å². The number of nitrogens with zero attached hydrogens (tertiary/aromatic N) is 3. The molecule has 0 radical (unpaired) electrons. The third kappa shape index (κ3) is 4.24. The van der Waals surface area contributed by atoms with Crippen molar-refractivity contribution in [3.8, 4) is 0 Å². The number of piperidine rings is 1. The Morgan fingerprint density at radius 1 is 1.31 bits per heavy atom. The zero-order valence-electron chi connectivity index (χ0n) is 16.1. The van der Waals surface area contributed by atoms with Gasteiger partial charge >= 0.3 is 0 Å². The van der Waals surface area contributed by atoms with E-state index in [-0.39, 0.29) is 23.4 Å². The molecule has 2 amide bonds. The normalized spacial score (nSPS) is 23.3. The number of hydrogen-bond donors (Lipinski definition) is 2. The molecule has 0 unspecified atom stereocenters. The highest BCUT2D eigenvalue weighted by Gasteiger charge is 2.45. The molecule has 7 nitrogen and oxygen atoms in total. The van der Waals surface area contributed by atoms with Gasteiger partial charge in [0.2, 0.25) is 11.8 Å². The molecule has 2 N–H and O–H groups in total. The number of aryl methyl sites for hydroxylation is 2. The molecule has 1 spiro atoms. The fourth-order valence-corrected chi connectivity index (χ4v) is 5.02. The second kappa shape index (κ2) is 7.62. The molecule has 0 bridgehead atoms. The van der Waals surface area contributed by atoms with Crippen LogP contribution in [0.5, 0.6) is 0 Å². The van der Waals surface area contributed by atoms with Crippen molar-refractivity contribution in [1.82, 2.24) is 20.1 Å². The summed E-state index contributed by atoms with van der Waals surface area (Å²) in [6, 6.07) is 0.240. The molecule has 0 aliphatic carbocycles. The number of likely N-dealkylation sites (N-methyl/N-ethyl adjacent to an activating group) is 1. The number of rotatable bonds is 4. The molecule has 2 aliphatic heterocycles. The molecule has 0 saturated carbocycles. The van der Waals surface area contributed by atoms with Gasteiger partial charge in [-0.05, 0) is 40.2 Å².